The largest absolute Gasteiger partial charge is 0.352 e. The summed E-state index contributed by atoms with van der Waals surface area (Å²) in [5, 5.41) is 1.14. The van der Waals surface area contributed by atoms with Gasteiger partial charge in [0, 0.05) is 41.7 Å². The fourth-order valence-electron chi connectivity index (χ4n) is 3.39. The summed E-state index contributed by atoms with van der Waals surface area (Å²) in [4.78, 5) is 16.3. The first-order chi connectivity index (χ1) is 11.9. The molecule has 3 aromatic rings. The highest BCUT2D eigenvalue weighted by molar-refractivity contribution is 7.98. The van der Waals surface area contributed by atoms with Crippen molar-refractivity contribution in [1.29, 1.82) is 0 Å². The lowest BCUT2D eigenvalue weighted by Crippen LogP contribution is -2.32. The van der Waals surface area contributed by atoms with Crippen LogP contribution in [0.5, 0.6) is 0 Å². The molecule has 0 aliphatic carbocycles. The Balaban J connectivity index is 1.87. The summed E-state index contributed by atoms with van der Waals surface area (Å²) in [5.41, 5.74) is 2.02. The van der Waals surface area contributed by atoms with Crippen molar-refractivity contribution >= 4 is 28.5 Å². The molecule has 4 nitrogen and oxygen atoms in total. The summed E-state index contributed by atoms with van der Waals surface area (Å²) in [6.45, 7) is 1.07. The van der Waals surface area contributed by atoms with Crippen LogP contribution in [0.15, 0.2) is 48.8 Å². The molecule has 1 aliphatic rings. The van der Waals surface area contributed by atoms with E-state index >= 15 is 0 Å². The third kappa shape index (κ3) is 2.84. The van der Waals surface area contributed by atoms with Gasteiger partial charge >= 0.3 is 0 Å². The fraction of sp³-hybridized carbons (Fsp3) is 0.316. The number of para-hydroxylation sites is 1. The molecule has 1 aliphatic heterocycles. The first-order valence-corrected chi connectivity index (χ1v) is 9.69. The monoisotopic (exact) mass is 336 g/mol. The van der Waals surface area contributed by atoms with E-state index in [0.29, 0.717) is 6.04 Å². The van der Waals surface area contributed by atoms with Crippen molar-refractivity contribution in [2.24, 2.45) is 0 Å². The summed E-state index contributed by atoms with van der Waals surface area (Å²) in [7, 11) is 0. The van der Waals surface area contributed by atoms with Gasteiger partial charge in [-0.15, -0.1) is 0 Å². The minimum Gasteiger partial charge on any atom is -0.352 e. The number of fused-ring (bicyclic) bond motifs is 1. The number of nitrogens with zero attached hydrogens (tertiary/aromatic N) is 4. The van der Waals surface area contributed by atoms with Crippen LogP contribution < -0.4 is 4.90 Å². The number of aromatic nitrogens is 3. The molecule has 1 fully saturated rings. The summed E-state index contributed by atoms with van der Waals surface area (Å²) in [5.74, 6) is 2.99. The van der Waals surface area contributed by atoms with Gasteiger partial charge in [0.2, 0.25) is 0 Å². The van der Waals surface area contributed by atoms with Crippen molar-refractivity contribution in [3.05, 3.63) is 48.8 Å². The number of rotatable bonds is 4. The number of anilines is 1. The average molecular weight is 336 g/mol. The van der Waals surface area contributed by atoms with E-state index in [-0.39, 0.29) is 0 Å². The quantitative estimate of drug-likeness (QED) is 0.720. The van der Waals surface area contributed by atoms with Gasteiger partial charge in [-0.3, -0.25) is 4.98 Å². The summed E-state index contributed by atoms with van der Waals surface area (Å²) < 4.78 is 0. The lowest BCUT2D eigenvalue weighted by atomic mass is 10.2. The molecule has 4 rings (SSSR count). The van der Waals surface area contributed by atoms with E-state index in [1.54, 1.807) is 12.4 Å². The number of hydrogen-bond donors (Lipinski definition) is 0. The molecule has 1 atom stereocenters. The molecular formula is C19H20N4S. The highest BCUT2D eigenvalue weighted by Crippen LogP contribution is 2.32. The van der Waals surface area contributed by atoms with Crippen molar-refractivity contribution in [1.82, 2.24) is 15.0 Å². The fourth-order valence-corrected chi connectivity index (χ4v) is 4.12. The zero-order chi connectivity index (χ0) is 16.4. The van der Waals surface area contributed by atoms with Crippen molar-refractivity contribution in [3.8, 4) is 11.4 Å². The number of pyridine rings is 1. The molecule has 1 unspecified atom stereocenters. The second-order valence-corrected chi connectivity index (χ2v) is 6.98. The molecule has 0 spiro atoms. The Labute approximate surface area is 146 Å². The van der Waals surface area contributed by atoms with Gasteiger partial charge in [-0.2, -0.15) is 11.8 Å². The van der Waals surface area contributed by atoms with Gasteiger partial charge in [0.1, 0.15) is 5.82 Å². The molecule has 1 saturated heterocycles. The predicted octanol–water partition coefficient (Wildman–Crippen LogP) is 4.02. The maximum atomic E-state index is 4.96. The normalized spacial score (nSPS) is 17.5. The zero-order valence-electron chi connectivity index (χ0n) is 13.7. The van der Waals surface area contributed by atoms with Crippen LogP contribution in [0.3, 0.4) is 0 Å². The molecule has 5 heteroatoms. The number of hydrogen-bond acceptors (Lipinski definition) is 5. The van der Waals surface area contributed by atoms with E-state index in [1.807, 2.05) is 30.0 Å². The predicted molar refractivity (Wildman–Crippen MR) is 102 cm³/mol. The second kappa shape index (κ2) is 6.77. The topological polar surface area (TPSA) is 41.9 Å². The maximum absolute atomic E-state index is 4.96. The van der Waals surface area contributed by atoms with Gasteiger partial charge in [-0.05, 0) is 43.4 Å². The molecule has 0 N–H and O–H groups in total. The highest BCUT2D eigenvalue weighted by Gasteiger charge is 2.27. The van der Waals surface area contributed by atoms with Crippen LogP contribution in [-0.4, -0.2) is 39.5 Å². The summed E-state index contributed by atoms with van der Waals surface area (Å²) >= 11 is 1.91. The number of benzene rings is 1. The van der Waals surface area contributed by atoms with Crippen LogP contribution in [0.4, 0.5) is 5.82 Å². The SMILES string of the molecule is CSCC1CCCN1c1nc(-c2ccncc2)nc2ccccc12. The van der Waals surface area contributed by atoms with Crippen LogP contribution in [0, 0.1) is 0 Å². The second-order valence-electron chi connectivity index (χ2n) is 6.07. The van der Waals surface area contributed by atoms with E-state index in [0.717, 1.165) is 40.4 Å². The molecule has 0 amide bonds. The Bertz CT molecular complexity index is 837. The van der Waals surface area contributed by atoms with Crippen molar-refractivity contribution in [2.75, 3.05) is 23.5 Å². The Morgan fingerprint density at radius 2 is 1.96 bits per heavy atom. The highest BCUT2D eigenvalue weighted by atomic mass is 32.2. The molecule has 3 heterocycles. The van der Waals surface area contributed by atoms with E-state index in [1.165, 1.54) is 12.8 Å². The Kier molecular flexibility index (Phi) is 4.34. The summed E-state index contributed by atoms with van der Waals surface area (Å²) in [6, 6.07) is 12.8. The number of thioether (sulfide) groups is 1. The van der Waals surface area contributed by atoms with Crippen LogP contribution in [-0.2, 0) is 0 Å². The molecule has 0 saturated carbocycles. The standard InChI is InChI=1S/C19H20N4S/c1-24-13-15-5-4-12-23(15)19-16-6-2-3-7-17(16)21-18(22-19)14-8-10-20-11-9-14/h2-3,6-11,15H,4-5,12-13H2,1H3. The van der Waals surface area contributed by atoms with E-state index < -0.39 is 0 Å². The lowest BCUT2D eigenvalue weighted by molar-refractivity contribution is 0.740. The molecular weight excluding hydrogens is 316 g/mol. The molecule has 24 heavy (non-hydrogen) atoms. The van der Waals surface area contributed by atoms with Crippen LogP contribution in [0.2, 0.25) is 0 Å². The van der Waals surface area contributed by atoms with Crippen LogP contribution in [0.25, 0.3) is 22.3 Å². The average Bonchev–Trinajstić information content (AvgIpc) is 3.10. The Morgan fingerprint density at radius 3 is 2.79 bits per heavy atom. The van der Waals surface area contributed by atoms with Crippen molar-refractivity contribution in [3.63, 3.8) is 0 Å². The minimum atomic E-state index is 0.559. The van der Waals surface area contributed by atoms with Gasteiger partial charge in [0.15, 0.2) is 5.82 Å². The van der Waals surface area contributed by atoms with Gasteiger partial charge in [-0.25, -0.2) is 9.97 Å². The van der Waals surface area contributed by atoms with Gasteiger partial charge in [0.05, 0.1) is 5.52 Å². The van der Waals surface area contributed by atoms with E-state index in [4.69, 9.17) is 9.97 Å². The Morgan fingerprint density at radius 1 is 1.12 bits per heavy atom. The lowest BCUT2D eigenvalue weighted by Gasteiger charge is -2.26. The van der Waals surface area contributed by atoms with Gasteiger partial charge in [-0.1, -0.05) is 12.1 Å². The molecule has 122 valence electrons. The van der Waals surface area contributed by atoms with Crippen molar-refractivity contribution in [2.45, 2.75) is 18.9 Å². The maximum Gasteiger partial charge on any atom is 0.162 e. The first-order valence-electron chi connectivity index (χ1n) is 8.29. The zero-order valence-corrected chi connectivity index (χ0v) is 14.5. The molecule has 2 aromatic heterocycles. The Hall–Kier alpha value is -2.14. The van der Waals surface area contributed by atoms with Gasteiger partial charge < -0.3 is 4.90 Å². The minimum absolute atomic E-state index is 0.559. The van der Waals surface area contributed by atoms with E-state index in [2.05, 4.69) is 34.3 Å². The summed E-state index contributed by atoms with van der Waals surface area (Å²) in [6.07, 6.45) is 8.23. The molecule has 0 radical (unpaired) electrons. The smallest absolute Gasteiger partial charge is 0.162 e. The van der Waals surface area contributed by atoms with Crippen LogP contribution >= 0.6 is 11.8 Å². The molecule has 0 bridgehead atoms. The van der Waals surface area contributed by atoms with Gasteiger partial charge in [0.25, 0.3) is 0 Å². The third-order valence-electron chi connectivity index (χ3n) is 4.53. The molecule has 1 aromatic carbocycles. The third-order valence-corrected chi connectivity index (χ3v) is 5.25. The van der Waals surface area contributed by atoms with E-state index in [9.17, 15) is 0 Å². The first kappa shape index (κ1) is 15.4. The van der Waals surface area contributed by atoms with Crippen molar-refractivity contribution < 1.29 is 0 Å². The van der Waals surface area contributed by atoms with Crippen LogP contribution in [0.1, 0.15) is 12.8 Å².